The lowest BCUT2D eigenvalue weighted by Crippen LogP contribution is -2.20. The molecule has 0 saturated heterocycles. The second-order valence-electron chi connectivity index (χ2n) is 3.30. The van der Waals surface area contributed by atoms with Gasteiger partial charge in [-0.2, -0.15) is 11.8 Å². The third-order valence-electron chi connectivity index (χ3n) is 1.50. The Hall–Kier alpha value is 0.310. The molecule has 0 bridgehead atoms. The summed E-state index contributed by atoms with van der Waals surface area (Å²) in [5.41, 5.74) is 0. The smallest absolute Gasteiger partial charge is 0.00258 e. The van der Waals surface area contributed by atoms with Gasteiger partial charge in [0.25, 0.3) is 0 Å². The van der Waals surface area contributed by atoms with Gasteiger partial charge in [-0.15, -0.1) is 0 Å². The van der Waals surface area contributed by atoms with Crippen LogP contribution in [0.5, 0.6) is 0 Å². The van der Waals surface area contributed by atoms with Crippen LogP contribution in [0.25, 0.3) is 0 Å². The molecule has 0 aliphatic rings. The highest BCUT2D eigenvalue weighted by molar-refractivity contribution is 7.98. The maximum Gasteiger partial charge on any atom is -0.00258 e. The molecule has 0 saturated carbocycles. The monoisotopic (exact) mass is 175 g/mol. The fourth-order valence-electron chi connectivity index (χ4n) is 0.887. The molecule has 0 rings (SSSR count). The van der Waals surface area contributed by atoms with E-state index in [4.69, 9.17) is 0 Å². The van der Waals surface area contributed by atoms with Crippen molar-refractivity contribution in [1.82, 2.24) is 5.32 Å². The summed E-state index contributed by atoms with van der Waals surface area (Å²) in [4.78, 5) is 0. The second-order valence-corrected chi connectivity index (χ2v) is 4.28. The number of nitrogens with one attached hydrogen (secondary N) is 1. The molecule has 0 aromatic heterocycles. The molecule has 0 aromatic rings. The molecule has 0 fully saturated rings. The molecule has 0 atom stereocenters. The van der Waals surface area contributed by atoms with E-state index >= 15 is 0 Å². The van der Waals surface area contributed by atoms with Gasteiger partial charge in [-0.05, 0) is 43.9 Å². The third kappa shape index (κ3) is 10.3. The maximum absolute atomic E-state index is 3.43. The molecule has 0 heterocycles. The van der Waals surface area contributed by atoms with Gasteiger partial charge in [-0.25, -0.2) is 0 Å². The normalized spacial score (nSPS) is 10.9. The first kappa shape index (κ1) is 11.3. The van der Waals surface area contributed by atoms with Crippen molar-refractivity contribution in [2.75, 3.05) is 25.1 Å². The summed E-state index contributed by atoms with van der Waals surface area (Å²) < 4.78 is 0. The molecule has 0 aliphatic carbocycles. The van der Waals surface area contributed by atoms with E-state index in [-0.39, 0.29) is 0 Å². The van der Waals surface area contributed by atoms with Crippen LogP contribution in [0.15, 0.2) is 0 Å². The second kappa shape index (κ2) is 8.41. The quantitative estimate of drug-likeness (QED) is 0.596. The number of hydrogen-bond acceptors (Lipinski definition) is 2. The van der Waals surface area contributed by atoms with E-state index in [1.54, 1.807) is 0 Å². The van der Waals surface area contributed by atoms with Gasteiger partial charge in [0.1, 0.15) is 0 Å². The van der Waals surface area contributed by atoms with Crippen molar-refractivity contribution in [1.29, 1.82) is 0 Å². The largest absolute Gasteiger partial charge is 0.316 e. The number of thioether (sulfide) groups is 1. The van der Waals surface area contributed by atoms with Crippen LogP contribution in [-0.4, -0.2) is 25.1 Å². The van der Waals surface area contributed by atoms with Crippen molar-refractivity contribution >= 4 is 11.8 Å². The van der Waals surface area contributed by atoms with E-state index in [2.05, 4.69) is 25.4 Å². The van der Waals surface area contributed by atoms with E-state index < -0.39 is 0 Å². The minimum Gasteiger partial charge on any atom is -0.316 e. The molecule has 0 spiro atoms. The van der Waals surface area contributed by atoms with Crippen molar-refractivity contribution in [2.45, 2.75) is 26.7 Å². The summed E-state index contributed by atoms with van der Waals surface area (Å²) in [6.45, 7) is 6.85. The first-order valence-corrected chi connectivity index (χ1v) is 5.86. The van der Waals surface area contributed by atoms with Crippen LogP contribution in [0.1, 0.15) is 26.7 Å². The zero-order valence-corrected chi connectivity index (χ0v) is 8.84. The molecule has 1 nitrogen and oxygen atoms in total. The van der Waals surface area contributed by atoms with Crippen molar-refractivity contribution in [3.8, 4) is 0 Å². The summed E-state index contributed by atoms with van der Waals surface area (Å²) in [5.74, 6) is 2.10. The fourth-order valence-corrected chi connectivity index (χ4v) is 1.38. The average Bonchev–Trinajstić information content (AvgIpc) is 1.96. The van der Waals surface area contributed by atoms with Gasteiger partial charge in [-0.1, -0.05) is 13.8 Å². The maximum atomic E-state index is 3.43. The van der Waals surface area contributed by atoms with Gasteiger partial charge in [-0.3, -0.25) is 0 Å². The van der Waals surface area contributed by atoms with E-state index in [0.29, 0.717) is 0 Å². The number of rotatable bonds is 7. The summed E-state index contributed by atoms with van der Waals surface area (Å²) in [6, 6.07) is 0. The minimum atomic E-state index is 0.788. The highest BCUT2D eigenvalue weighted by Gasteiger charge is 1.91. The van der Waals surface area contributed by atoms with Gasteiger partial charge >= 0.3 is 0 Å². The van der Waals surface area contributed by atoms with E-state index in [0.717, 1.165) is 5.92 Å². The van der Waals surface area contributed by atoms with E-state index in [9.17, 15) is 0 Å². The molecule has 2 heteroatoms. The molecule has 68 valence electrons. The molecule has 0 unspecified atom stereocenters. The van der Waals surface area contributed by atoms with Crippen LogP contribution in [0.2, 0.25) is 0 Å². The number of unbranched alkanes of at least 4 members (excludes halogenated alkanes) is 1. The molecule has 0 radical (unpaired) electrons. The van der Waals surface area contributed by atoms with Crippen LogP contribution in [0.3, 0.4) is 0 Å². The Morgan fingerprint density at radius 2 is 2.00 bits per heavy atom. The predicted molar refractivity (Wildman–Crippen MR) is 55.3 cm³/mol. The Bertz CT molecular complexity index is 74.0. The molecule has 1 N–H and O–H groups in total. The summed E-state index contributed by atoms with van der Waals surface area (Å²) in [5, 5.41) is 3.43. The summed E-state index contributed by atoms with van der Waals surface area (Å²) in [7, 11) is 0. The van der Waals surface area contributed by atoms with E-state index in [1.165, 1.54) is 31.7 Å². The zero-order valence-electron chi connectivity index (χ0n) is 8.02. The zero-order chi connectivity index (χ0) is 8.53. The molecule has 0 aromatic carbocycles. The van der Waals surface area contributed by atoms with Crippen molar-refractivity contribution in [3.05, 3.63) is 0 Å². The highest BCUT2D eigenvalue weighted by Crippen LogP contribution is 1.97. The van der Waals surface area contributed by atoms with Crippen LogP contribution in [0.4, 0.5) is 0 Å². The van der Waals surface area contributed by atoms with Crippen molar-refractivity contribution < 1.29 is 0 Å². The van der Waals surface area contributed by atoms with Gasteiger partial charge in [0.15, 0.2) is 0 Å². The Balaban J connectivity index is 2.80. The first-order chi connectivity index (χ1) is 5.27. The summed E-state index contributed by atoms with van der Waals surface area (Å²) in [6.07, 6.45) is 4.85. The van der Waals surface area contributed by atoms with Crippen LogP contribution >= 0.6 is 11.8 Å². The molecular weight excluding hydrogens is 154 g/mol. The lowest BCUT2D eigenvalue weighted by molar-refractivity contribution is 0.541. The molecule has 11 heavy (non-hydrogen) atoms. The van der Waals surface area contributed by atoms with Gasteiger partial charge in [0.2, 0.25) is 0 Å². The summed E-state index contributed by atoms with van der Waals surface area (Å²) >= 11 is 1.94. The van der Waals surface area contributed by atoms with Crippen molar-refractivity contribution in [3.63, 3.8) is 0 Å². The fraction of sp³-hybridized carbons (Fsp3) is 1.00. The Morgan fingerprint density at radius 3 is 2.55 bits per heavy atom. The highest BCUT2D eigenvalue weighted by atomic mass is 32.2. The Kier molecular flexibility index (Phi) is 8.64. The van der Waals surface area contributed by atoms with Crippen LogP contribution in [-0.2, 0) is 0 Å². The third-order valence-corrected chi connectivity index (χ3v) is 2.20. The van der Waals surface area contributed by atoms with Gasteiger partial charge < -0.3 is 5.32 Å². The Morgan fingerprint density at radius 1 is 1.27 bits per heavy atom. The van der Waals surface area contributed by atoms with E-state index in [1.807, 2.05) is 11.8 Å². The van der Waals surface area contributed by atoms with Crippen LogP contribution < -0.4 is 5.32 Å². The van der Waals surface area contributed by atoms with Crippen molar-refractivity contribution in [2.24, 2.45) is 5.92 Å². The first-order valence-electron chi connectivity index (χ1n) is 4.47. The Labute approximate surface area is 75.3 Å². The van der Waals surface area contributed by atoms with Crippen LogP contribution in [0, 0.1) is 5.92 Å². The topological polar surface area (TPSA) is 12.0 Å². The lowest BCUT2D eigenvalue weighted by Gasteiger charge is -2.06. The predicted octanol–water partition coefficient (Wildman–Crippen LogP) is 2.38. The van der Waals surface area contributed by atoms with Gasteiger partial charge in [0, 0.05) is 0 Å². The van der Waals surface area contributed by atoms with Gasteiger partial charge in [0.05, 0.1) is 0 Å². The SMILES string of the molecule is CSCCCCNCC(C)C. The molecular formula is C9H21NS. The standard InChI is InChI=1S/C9H21NS/c1-9(2)8-10-6-4-5-7-11-3/h9-10H,4-8H2,1-3H3. The lowest BCUT2D eigenvalue weighted by atomic mass is 10.2. The minimum absolute atomic E-state index is 0.788. The molecule has 0 aliphatic heterocycles. The number of hydrogen-bond donors (Lipinski definition) is 1. The average molecular weight is 175 g/mol. The molecule has 0 amide bonds.